The smallest absolute Gasteiger partial charge is 0.0149 e. The SMILES string of the molecule is C(=C1/c2ccccc2-c2c1c1c(c3c2C(Cc2ccccc2)c2ccccc2-3)/C(=C/c2ccccc2)c2ccccc2-1)/c1ccccc1. The molecule has 3 aliphatic carbocycles. The lowest BCUT2D eigenvalue weighted by Gasteiger charge is -2.22. The first kappa shape index (κ1) is 27.2. The minimum Gasteiger partial charge on any atom is -0.0622 e. The molecule has 48 heavy (non-hydrogen) atoms. The first-order chi connectivity index (χ1) is 23.8. The molecule has 0 bridgehead atoms. The summed E-state index contributed by atoms with van der Waals surface area (Å²) in [5.41, 5.74) is 23.0. The third-order valence-electron chi connectivity index (χ3n) is 10.5. The molecule has 1 atom stereocenters. The monoisotopic (exact) mass is 608 g/mol. The Labute approximate surface area is 282 Å². The Morgan fingerprint density at radius 1 is 0.354 bits per heavy atom. The molecule has 7 aromatic carbocycles. The Morgan fingerprint density at radius 3 is 1.33 bits per heavy atom. The largest absolute Gasteiger partial charge is 0.0622 e. The second-order valence-electron chi connectivity index (χ2n) is 13.1. The molecule has 0 N–H and O–H groups in total. The van der Waals surface area contributed by atoms with E-state index < -0.39 is 0 Å². The third kappa shape index (κ3) is 4.03. The lowest BCUT2D eigenvalue weighted by atomic mass is 9.80. The van der Waals surface area contributed by atoms with Crippen molar-refractivity contribution in [1.29, 1.82) is 0 Å². The van der Waals surface area contributed by atoms with Crippen molar-refractivity contribution in [3.63, 3.8) is 0 Å². The van der Waals surface area contributed by atoms with E-state index in [1.165, 1.54) is 94.6 Å². The van der Waals surface area contributed by atoms with Gasteiger partial charge in [-0.05, 0) is 113 Å². The molecule has 0 heteroatoms. The normalized spacial score (nSPS) is 16.3. The van der Waals surface area contributed by atoms with Gasteiger partial charge in [0.2, 0.25) is 0 Å². The van der Waals surface area contributed by atoms with Crippen LogP contribution in [0, 0.1) is 0 Å². The van der Waals surface area contributed by atoms with Crippen molar-refractivity contribution in [2.24, 2.45) is 0 Å². The zero-order chi connectivity index (χ0) is 31.6. The molecule has 0 radical (unpaired) electrons. The van der Waals surface area contributed by atoms with Crippen molar-refractivity contribution in [3.8, 4) is 33.4 Å². The van der Waals surface area contributed by atoms with Crippen LogP contribution in [0.5, 0.6) is 0 Å². The average Bonchev–Trinajstić information content (AvgIpc) is 3.76. The van der Waals surface area contributed by atoms with Crippen LogP contribution in [0.4, 0.5) is 0 Å². The molecule has 0 spiro atoms. The number of fused-ring (bicyclic) bond motifs is 12. The van der Waals surface area contributed by atoms with E-state index in [0.29, 0.717) is 0 Å². The summed E-state index contributed by atoms with van der Waals surface area (Å²) >= 11 is 0. The molecule has 0 aromatic heterocycles. The second-order valence-corrected chi connectivity index (χ2v) is 13.1. The van der Waals surface area contributed by atoms with Crippen LogP contribution in [-0.4, -0.2) is 0 Å². The van der Waals surface area contributed by atoms with Gasteiger partial charge in [-0.15, -0.1) is 0 Å². The Morgan fingerprint density at radius 2 is 0.771 bits per heavy atom. The van der Waals surface area contributed by atoms with Crippen molar-refractivity contribution < 1.29 is 0 Å². The van der Waals surface area contributed by atoms with Gasteiger partial charge in [-0.3, -0.25) is 0 Å². The van der Waals surface area contributed by atoms with Crippen molar-refractivity contribution >= 4 is 23.3 Å². The quantitative estimate of drug-likeness (QED) is 0.186. The fraction of sp³-hybridized carbons (Fsp3) is 0.0417. The van der Waals surface area contributed by atoms with E-state index in [-0.39, 0.29) is 5.92 Å². The van der Waals surface area contributed by atoms with Gasteiger partial charge in [-0.1, -0.05) is 164 Å². The summed E-state index contributed by atoms with van der Waals surface area (Å²) in [6.45, 7) is 0. The third-order valence-corrected chi connectivity index (χ3v) is 10.5. The van der Waals surface area contributed by atoms with E-state index >= 15 is 0 Å². The highest BCUT2D eigenvalue weighted by Gasteiger charge is 2.43. The van der Waals surface area contributed by atoms with Gasteiger partial charge in [0.25, 0.3) is 0 Å². The molecule has 224 valence electrons. The maximum absolute atomic E-state index is 2.42. The minimum atomic E-state index is 0.239. The Hall–Kier alpha value is -5.98. The van der Waals surface area contributed by atoms with Crippen LogP contribution in [0.3, 0.4) is 0 Å². The molecular formula is C48H32. The summed E-state index contributed by atoms with van der Waals surface area (Å²) in [7, 11) is 0. The van der Waals surface area contributed by atoms with E-state index in [2.05, 4.69) is 176 Å². The highest BCUT2D eigenvalue weighted by Crippen LogP contribution is 2.64. The Kier molecular flexibility index (Phi) is 6.11. The first-order valence-corrected chi connectivity index (χ1v) is 17.0. The van der Waals surface area contributed by atoms with Gasteiger partial charge in [0.05, 0.1) is 0 Å². The Bertz CT molecular complexity index is 2370. The van der Waals surface area contributed by atoms with Gasteiger partial charge in [0.15, 0.2) is 0 Å². The summed E-state index contributed by atoms with van der Waals surface area (Å²) in [6.07, 6.45) is 5.81. The van der Waals surface area contributed by atoms with Gasteiger partial charge < -0.3 is 0 Å². The number of hydrogen-bond acceptors (Lipinski definition) is 0. The highest BCUT2D eigenvalue weighted by atomic mass is 14.5. The van der Waals surface area contributed by atoms with Crippen LogP contribution in [0.15, 0.2) is 164 Å². The Balaban J connectivity index is 1.39. The lowest BCUT2D eigenvalue weighted by Crippen LogP contribution is -2.05. The molecule has 0 amide bonds. The van der Waals surface area contributed by atoms with Crippen molar-refractivity contribution in [3.05, 3.63) is 214 Å². The van der Waals surface area contributed by atoms with Crippen LogP contribution in [0.2, 0.25) is 0 Å². The van der Waals surface area contributed by atoms with E-state index in [9.17, 15) is 0 Å². The molecule has 0 saturated heterocycles. The standard InChI is InChI=1S/C48H32/c1-4-16-31(17-5-1)28-40-34-22-10-13-25-37(34)43-46(40)44-38-26-14-11-23-35(38)41(29-32-18-6-2-7-19-32)48(44)45-39-27-15-12-24-36(39)42(47(43)45)30-33-20-8-3-9-21-33/h1-29,42H,30H2/b40-28+,41-29+. The maximum atomic E-state index is 2.42. The first-order valence-electron chi connectivity index (χ1n) is 17.0. The zero-order valence-corrected chi connectivity index (χ0v) is 26.5. The maximum Gasteiger partial charge on any atom is 0.0149 e. The van der Waals surface area contributed by atoms with Crippen molar-refractivity contribution in [2.75, 3.05) is 0 Å². The van der Waals surface area contributed by atoms with Crippen molar-refractivity contribution in [2.45, 2.75) is 12.3 Å². The molecule has 7 aromatic rings. The second kappa shape index (κ2) is 10.8. The molecule has 0 heterocycles. The summed E-state index contributed by atoms with van der Waals surface area (Å²) in [5, 5.41) is 0. The molecule has 3 aliphatic rings. The van der Waals surface area contributed by atoms with E-state index in [0.717, 1.165) is 6.42 Å². The summed E-state index contributed by atoms with van der Waals surface area (Å²) < 4.78 is 0. The fourth-order valence-electron chi connectivity index (χ4n) is 8.60. The lowest BCUT2D eigenvalue weighted by molar-refractivity contribution is 0.829. The van der Waals surface area contributed by atoms with Gasteiger partial charge in [-0.2, -0.15) is 0 Å². The average molecular weight is 609 g/mol. The van der Waals surface area contributed by atoms with Gasteiger partial charge in [0, 0.05) is 5.92 Å². The molecule has 0 saturated carbocycles. The van der Waals surface area contributed by atoms with E-state index in [1.54, 1.807) is 0 Å². The minimum absolute atomic E-state index is 0.239. The molecule has 0 nitrogen and oxygen atoms in total. The van der Waals surface area contributed by atoms with Crippen LogP contribution in [0.1, 0.15) is 56.0 Å². The number of hydrogen-bond donors (Lipinski definition) is 0. The molecular weight excluding hydrogens is 577 g/mol. The van der Waals surface area contributed by atoms with Gasteiger partial charge in [-0.25, -0.2) is 0 Å². The molecule has 0 aliphatic heterocycles. The fourth-order valence-corrected chi connectivity index (χ4v) is 8.60. The van der Waals surface area contributed by atoms with Crippen LogP contribution < -0.4 is 0 Å². The molecule has 10 rings (SSSR count). The van der Waals surface area contributed by atoms with E-state index in [1.807, 2.05) is 0 Å². The van der Waals surface area contributed by atoms with Crippen LogP contribution >= 0.6 is 0 Å². The molecule has 0 fully saturated rings. The summed E-state index contributed by atoms with van der Waals surface area (Å²) in [4.78, 5) is 0. The summed E-state index contributed by atoms with van der Waals surface area (Å²) in [6, 6.07) is 60.1. The number of rotatable bonds is 4. The predicted molar refractivity (Wildman–Crippen MR) is 202 cm³/mol. The number of benzene rings is 7. The van der Waals surface area contributed by atoms with Crippen molar-refractivity contribution in [1.82, 2.24) is 0 Å². The predicted octanol–water partition coefficient (Wildman–Crippen LogP) is 12.2. The molecule has 1 unspecified atom stereocenters. The van der Waals surface area contributed by atoms with Gasteiger partial charge in [0.1, 0.15) is 0 Å². The van der Waals surface area contributed by atoms with Crippen LogP contribution in [-0.2, 0) is 6.42 Å². The summed E-state index contributed by atoms with van der Waals surface area (Å²) in [5.74, 6) is 0.239. The highest BCUT2D eigenvalue weighted by molar-refractivity contribution is 6.21. The van der Waals surface area contributed by atoms with Gasteiger partial charge >= 0.3 is 0 Å². The topological polar surface area (TPSA) is 0 Å². The van der Waals surface area contributed by atoms with Crippen LogP contribution in [0.25, 0.3) is 56.7 Å². The van der Waals surface area contributed by atoms with E-state index in [4.69, 9.17) is 0 Å². The zero-order valence-electron chi connectivity index (χ0n) is 26.5.